The molecule has 1 N–H and O–H groups in total. The molecule has 1 amide bonds. The maximum atomic E-state index is 12.1. The second kappa shape index (κ2) is 8.32. The Bertz CT molecular complexity index is 477. The number of hydrogen-bond acceptors (Lipinski definition) is 3. The maximum Gasteiger partial charge on any atom is 0.220 e. The molecule has 2 fully saturated rings. The van der Waals surface area contributed by atoms with Gasteiger partial charge in [-0.2, -0.15) is 0 Å². The van der Waals surface area contributed by atoms with Crippen molar-refractivity contribution in [3.63, 3.8) is 0 Å². The first kappa shape index (κ1) is 16.3. The van der Waals surface area contributed by atoms with Gasteiger partial charge in [0.1, 0.15) is 0 Å². The largest absolute Gasteiger partial charge is 0.370 e. The fraction of sp³-hybridized carbons (Fsp3) is 0.684. The van der Waals surface area contributed by atoms with Crippen LogP contribution in [0.4, 0.5) is 5.69 Å². The molecule has 1 aliphatic heterocycles. The molecule has 1 aromatic heterocycles. The van der Waals surface area contributed by atoms with E-state index in [2.05, 4.69) is 21.3 Å². The molecule has 0 bridgehead atoms. The summed E-state index contributed by atoms with van der Waals surface area (Å²) in [5.74, 6) is 1.53. The Hall–Kier alpha value is -1.58. The standard InChI is InChI=1S/C19H29N3O/c23-19(13-16-5-2-1-3-6-16)21-14-17-8-11-22(12-9-17)18-7-4-10-20-15-18/h4,7,10,15-17H,1-3,5-6,8-9,11-14H2,(H,21,23). The molecular formula is C19H29N3O. The molecule has 4 nitrogen and oxygen atoms in total. The topological polar surface area (TPSA) is 45.2 Å². The molecule has 0 atom stereocenters. The predicted octanol–water partition coefficient (Wildman–Crippen LogP) is 3.38. The van der Waals surface area contributed by atoms with E-state index in [-0.39, 0.29) is 5.91 Å². The van der Waals surface area contributed by atoms with Crippen LogP contribution in [0.2, 0.25) is 0 Å². The summed E-state index contributed by atoms with van der Waals surface area (Å²) >= 11 is 0. The summed E-state index contributed by atoms with van der Waals surface area (Å²) in [6.07, 6.45) is 13.3. The number of anilines is 1. The lowest BCUT2D eigenvalue weighted by molar-refractivity contribution is -0.122. The van der Waals surface area contributed by atoms with Gasteiger partial charge in [-0.1, -0.05) is 19.3 Å². The summed E-state index contributed by atoms with van der Waals surface area (Å²) in [5, 5.41) is 3.18. The lowest BCUT2D eigenvalue weighted by Gasteiger charge is -2.33. The van der Waals surface area contributed by atoms with E-state index in [4.69, 9.17) is 0 Å². The van der Waals surface area contributed by atoms with Crippen LogP contribution in [0.1, 0.15) is 51.4 Å². The molecule has 23 heavy (non-hydrogen) atoms. The minimum atomic E-state index is 0.270. The van der Waals surface area contributed by atoms with Gasteiger partial charge in [-0.3, -0.25) is 9.78 Å². The Kier molecular flexibility index (Phi) is 5.89. The Labute approximate surface area is 139 Å². The molecule has 1 saturated carbocycles. The second-order valence-corrected chi connectivity index (χ2v) is 7.15. The number of nitrogens with zero attached hydrogens (tertiary/aromatic N) is 2. The van der Waals surface area contributed by atoms with Crippen LogP contribution >= 0.6 is 0 Å². The van der Waals surface area contributed by atoms with Crippen molar-refractivity contribution >= 4 is 11.6 Å². The van der Waals surface area contributed by atoms with Crippen LogP contribution in [0.25, 0.3) is 0 Å². The van der Waals surface area contributed by atoms with Crippen molar-refractivity contribution in [3.8, 4) is 0 Å². The number of aromatic nitrogens is 1. The molecule has 1 aromatic rings. The molecule has 3 rings (SSSR count). The zero-order valence-electron chi connectivity index (χ0n) is 14.0. The highest BCUT2D eigenvalue weighted by atomic mass is 16.1. The monoisotopic (exact) mass is 315 g/mol. The fourth-order valence-corrected chi connectivity index (χ4v) is 3.92. The van der Waals surface area contributed by atoms with E-state index < -0.39 is 0 Å². The van der Waals surface area contributed by atoms with Crippen molar-refractivity contribution in [2.45, 2.75) is 51.4 Å². The number of nitrogens with one attached hydrogen (secondary N) is 1. The van der Waals surface area contributed by atoms with Crippen LogP contribution in [0, 0.1) is 11.8 Å². The highest BCUT2D eigenvalue weighted by molar-refractivity contribution is 5.76. The van der Waals surface area contributed by atoms with Gasteiger partial charge in [-0.15, -0.1) is 0 Å². The summed E-state index contributed by atoms with van der Waals surface area (Å²) in [5.41, 5.74) is 1.22. The predicted molar refractivity (Wildman–Crippen MR) is 93.4 cm³/mol. The van der Waals surface area contributed by atoms with E-state index in [1.54, 1.807) is 0 Å². The SMILES string of the molecule is O=C(CC1CCCCC1)NCC1CCN(c2cccnc2)CC1. The zero-order valence-corrected chi connectivity index (χ0v) is 14.0. The molecular weight excluding hydrogens is 286 g/mol. The smallest absolute Gasteiger partial charge is 0.220 e. The summed E-state index contributed by atoms with van der Waals surface area (Å²) in [6, 6.07) is 4.12. The van der Waals surface area contributed by atoms with Crippen molar-refractivity contribution in [1.29, 1.82) is 0 Å². The molecule has 0 spiro atoms. The third-order valence-corrected chi connectivity index (χ3v) is 5.41. The van der Waals surface area contributed by atoms with Crippen LogP contribution < -0.4 is 10.2 Å². The van der Waals surface area contributed by atoms with Gasteiger partial charge in [0.15, 0.2) is 0 Å². The molecule has 0 radical (unpaired) electrons. The lowest BCUT2D eigenvalue weighted by atomic mass is 9.87. The minimum Gasteiger partial charge on any atom is -0.370 e. The van der Waals surface area contributed by atoms with Gasteiger partial charge in [-0.05, 0) is 49.7 Å². The van der Waals surface area contributed by atoms with Gasteiger partial charge >= 0.3 is 0 Å². The number of carbonyl (C=O) groups is 1. The Morgan fingerprint density at radius 3 is 2.61 bits per heavy atom. The van der Waals surface area contributed by atoms with Crippen LogP contribution in [0.3, 0.4) is 0 Å². The Morgan fingerprint density at radius 2 is 1.91 bits per heavy atom. The fourth-order valence-electron chi connectivity index (χ4n) is 3.92. The van der Waals surface area contributed by atoms with Gasteiger partial charge in [0, 0.05) is 32.3 Å². The average Bonchev–Trinajstić information content (AvgIpc) is 2.62. The molecule has 4 heteroatoms. The van der Waals surface area contributed by atoms with E-state index in [0.29, 0.717) is 11.8 Å². The Balaban J connectivity index is 1.35. The van der Waals surface area contributed by atoms with E-state index >= 15 is 0 Å². The summed E-state index contributed by atoms with van der Waals surface area (Å²) in [7, 11) is 0. The number of rotatable bonds is 5. The number of piperidine rings is 1. The highest BCUT2D eigenvalue weighted by Gasteiger charge is 2.21. The third kappa shape index (κ3) is 4.95. The normalized spacial score (nSPS) is 20.4. The van der Waals surface area contributed by atoms with Gasteiger partial charge in [0.05, 0.1) is 11.9 Å². The van der Waals surface area contributed by atoms with Gasteiger partial charge in [0.25, 0.3) is 0 Å². The lowest BCUT2D eigenvalue weighted by Crippen LogP contribution is -2.39. The number of pyridine rings is 1. The minimum absolute atomic E-state index is 0.270. The number of carbonyl (C=O) groups excluding carboxylic acids is 1. The van der Waals surface area contributed by atoms with Gasteiger partial charge in [-0.25, -0.2) is 0 Å². The molecule has 0 unspecified atom stereocenters. The zero-order chi connectivity index (χ0) is 15.9. The van der Waals surface area contributed by atoms with Crippen LogP contribution in [0.15, 0.2) is 24.5 Å². The van der Waals surface area contributed by atoms with Crippen LogP contribution in [-0.4, -0.2) is 30.5 Å². The summed E-state index contributed by atoms with van der Waals surface area (Å²) in [6.45, 7) is 2.98. The molecule has 126 valence electrons. The number of hydrogen-bond donors (Lipinski definition) is 1. The van der Waals surface area contributed by atoms with Gasteiger partial charge in [0.2, 0.25) is 5.91 Å². The van der Waals surface area contributed by atoms with Crippen molar-refractivity contribution in [2.24, 2.45) is 11.8 Å². The molecule has 2 heterocycles. The maximum absolute atomic E-state index is 12.1. The molecule has 1 saturated heterocycles. The van der Waals surface area contributed by atoms with Crippen LogP contribution in [0.5, 0.6) is 0 Å². The van der Waals surface area contributed by atoms with Crippen LogP contribution in [-0.2, 0) is 4.79 Å². The number of amides is 1. The third-order valence-electron chi connectivity index (χ3n) is 5.41. The highest BCUT2D eigenvalue weighted by Crippen LogP contribution is 2.26. The van der Waals surface area contributed by atoms with E-state index in [9.17, 15) is 4.79 Å². The Morgan fingerprint density at radius 1 is 1.13 bits per heavy atom. The van der Waals surface area contributed by atoms with E-state index in [1.165, 1.54) is 37.8 Å². The van der Waals surface area contributed by atoms with Gasteiger partial charge < -0.3 is 10.2 Å². The molecule has 1 aliphatic carbocycles. The van der Waals surface area contributed by atoms with Crippen molar-refractivity contribution in [1.82, 2.24) is 10.3 Å². The van der Waals surface area contributed by atoms with Crippen molar-refractivity contribution < 1.29 is 4.79 Å². The molecule has 0 aromatic carbocycles. The summed E-state index contributed by atoms with van der Waals surface area (Å²) in [4.78, 5) is 18.7. The van der Waals surface area contributed by atoms with Crippen molar-refractivity contribution in [2.75, 3.05) is 24.5 Å². The summed E-state index contributed by atoms with van der Waals surface area (Å²) < 4.78 is 0. The first-order valence-corrected chi connectivity index (χ1v) is 9.23. The quantitative estimate of drug-likeness (QED) is 0.906. The van der Waals surface area contributed by atoms with Crippen molar-refractivity contribution in [3.05, 3.63) is 24.5 Å². The first-order valence-electron chi connectivity index (χ1n) is 9.23. The van der Waals surface area contributed by atoms with E-state index in [0.717, 1.165) is 38.9 Å². The average molecular weight is 315 g/mol. The first-order chi connectivity index (χ1) is 11.3. The molecule has 2 aliphatic rings. The second-order valence-electron chi connectivity index (χ2n) is 7.15. The van der Waals surface area contributed by atoms with E-state index in [1.807, 2.05) is 18.5 Å².